The van der Waals surface area contributed by atoms with Crippen molar-refractivity contribution in [2.24, 2.45) is 4.99 Å². The molecule has 0 atom stereocenters. The molecule has 1 saturated heterocycles. The van der Waals surface area contributed by atoms with Crippen LogP contribution in [0.1, 0.15) is 33.9 Å². The number of hydrogen-bond donors (Lipinski definition) is 2. The van der Waals surface area contributed by atoms with Crippen molar-refractivity contribution in [3.8, 4) is 0 Å². The molecule has 2 aromatic rings. The maximum absolute atomic E-state index is 12.3. The molecule has 1 aromatic carbocycles. The molecule has 1 amide bonds. The summed E-state index contributed by atoms with van der Waals surface area (Å²) in [6.45, 7) is 0. The second-order valence-corrected chi connectivity index (χ2v) is 8.91. The molecule has 2 N–H and O–H groups in total. The lowest BCUT2D eigenvalue weighted by atomic mass is 10.1. The van der Waals surface area contributed by atoms with Gasteiger partial charge in [0.05, 0.1) is 23.4 Å². The Balaban J connectivity index is 1.41. The smallest absolute Gasteiger partial charge is 0.303 e. The monoisotopic (exact) mass is 439 g/mol. The van der Waals surface area contributed by atoms with E-state index in [4.69, 9.17) is 5.11 Å². The van der Waals surface area contributed by atoms with E-state index in [2.05, 4.69) is 27.4 Å². The number of amides is 1. The van der Waals surface area contributed by atoms with Crippen molar-refractivity contribution in [2.45, 2.75) is 25.7 Å². The summed E-state index contributed by atoms with van der Waals surface area (Å²) in [6, 6.07) is 5.97. The Bertz CT molecular complexity index is 1130. The highest BCUT2D eigenvalue weighted by molar-refractivity contribution is 8.18. The topological polar surface area (TPSA) is 109 Å². The van der Waals surface area contributed by atoms with Gasteiger partial charge in [-0.2, -0.15) is 0 Å². The van der Waals surface area contributed by atoms with Crippen LogP contribution in [0.2, 0.25) is 0 Å². The van der Waals surface area contributed by atoms with E-state index in [1.807, 2.05) is 18.2 Å². The number of aliphatic imine (C=N–C) groups is 1. The molecular formula is C21H17N3O4S2. The minimum atomic E-state index is -0.994. The van der Waals surface area contributed by atoms with Gasteiger partial charge in [0.25, 0.3) is 5.91 Å². The lowest BCUT2D eigenvalue weighted by Crippen LogP contribution is -2.19. The summed E-state index contributed by atoms with van der Waals surface area (Å²) >= 11 is 2.56. The van der Waals surface area contributed by atoms with Crippen LogP contribution in [-0.2, 0) is 27.2 Å². The highest BCUT2D eigenvalue weighted by Gasteiger charge is 2.24. The molecule has 0 saturated carbocycles. The van der Waals surface area contributed by atoms with Gasteiger partial charge in [-0.3, -0.25) is 14.4 Å². The molecule has 0 radical (unpaired) electrons. The van der Waals surface area contributed by atoms with Crippen LogP contribution in [0.4, 0.5) is 5.69 Å². The van der Waals surface area contributed by atoms with Gasteiger partial charge >= 0.3 is 5.97 Å². The van der Waals surface area contributed by atoms with Crippen LogP contribution in [-0.4, -0.2) is 32.9 Å². The number of amidine groups is 1. The SMILES string of the molecule is O=C(O)CCC(=O)Cc1ncc(/C=C2\SC(=Nc3ccc4c(c3)CC=C4)NC2=O)s1. The largest absolute Gasteiger partial charge is 0.481 e. The average molecular weight is 440 g/mol. The molecule has 1 aliphatic heterocycles. The molecule has 30 heavy (non-hydrogen) atoms. The summed E-state index contributed by atoms with van der Waals surface area (Å²) < 4.78 is 0. The predicted octanol–water partition coefficient (Wildman–Crippen LogP) is 3.58. The zero-order valence-electron chi connectivity index (χ0n) is 15.8. The van der Waals surface area contributed by atoms with E-state index >= 15 is 0 Å². The molecule has 1 aromatic heterocycles. The minimum absolute atomic E-state index is 0.0117. The number of ketones is 1. The van der Waals surface area contributed by atoms with Gasteiger partial charge < -0.3 is 10.4 Å². The van der Waals surface area contributed by atoms with E-state index in [0.717, 1.165) is 17.0 Å². The van der Waals surface area contributed by atoms with E-state index in [0.29, 0.717) is 15.1 Å². The quantitative estimate of drug-likeness (QED) is 0.639. The zero-order chi connectivity index (χ0) is 21.1. The molecule has 1 aliphatic carbocycles. The first-order valence-corrected chi connectivity index (χ1v) is 10.9. The maximum atomic E-state index is 12.3. The standard InChI is InChI=1S/C21H17N3O4S2/c25-15(6-7-19(26)27)9-18-22-11-16(29-18)10-17-20(28)24-21(30-17)23-14-5-4-12-2-1-3-13(12)8-14/h1-2,4-5,8,10-11H,3,6-7,9H2,(H,26,27)(H,23,24,28)/b17-10-. The Labute approximate surface area is 180 Å². The fourth-order valence-electron chi connectivity index (χ4n) is 3.02. The summed E-state index contributed by atoms with van der Waals surface area (Å²) in [4.78, 5) is 44.6. The average Bonchev–Trinajstić information content (AvgIpc) is 3.41. The van der Waals surface area contributed by atoms with Crippen molar-refractivity contribution < 1.29 is 19.5 Å². The predicted molar refractivity (Wildman–Crippen MR) is 118 cm³/mol. The summed E-state index contributed by atoms with van der Waals surface area (Å²) in [5.74, 6) is -1.39. The first kappa shape index (κ1) is 20.2. The number of carboxylic acids is 1. The molecule has 0 bridgehead atoms. The van der Waals surface area contributed by atoms with Gasteiger partial charge in [0.2, 0.25) is 0 Å². The number of aromatic nitrogens is 1. The third kappa shape index (κ3) is 4.92. The fraction of sp³-hybridized carbons (Fsp3) is 0.190. The number of allylic oxidation sites excluding steroid dienone is 1. The molecule has 9 heteroatoms. The second-order valence-electron chi connectivity index (χ2n) is 6.74. The molecule has 1 fully saturated rings. The van der Waals surface area contributed by atoms with Crippen LogP contribution in [0, 0.1) is 0 Å². The van der Waals surface area contributed by atoms with Crippen molar-refractivity contribution in [3.05, 3.63) is 56.4 Å². The van der Waals surface area contributed by atoms with Crippen LogP contribution in [0.3, 0.4) is 0 Å². The number of thioether (sulfide) groups is 1. The number of fused-ring (bicyclic) bond motifs is 1. The number of aliphatic carboxylic acids is 1. The maximum Gasteiger partial charge on any atom is 0.303 e. The second kappa shape index (κ2) is 8.76. The lowest BCUT2D eigenvalue weighted by Gasteiger charge is -2.01. The van der Waals surface area contributed by atoms with E-state index in [9.17, 15) is 14.4 Å². The number of nitrogens with zero attached hydrogens (tertiary/aromatic N) is 2. The number of Topliss-reactive ketones (excluding diaryl/α,β-unsaturated/α-hetero) is 1. The van der Waals surface area contributed by atoms with Gasteiger partial charge in [-0.15, -0.1) is 11.3 Å². The molecule has 7 nitrogen and oxygen atoms in total. The van der Waals surface area contributed by atoms with Crippen molar-refractivity contribution >= 4 is 63.8 Å². The normalized spacial score (nSPS) is 17.5. The Morgan fingerprint density at radius 3 is 3.00 bits per heavy atom. The summed E-state index contributed by atoms with van der Waals surface area (Å²) in [5, 5.41) is 12.5. The van der Waals surface area contributed by atoms with E-state index in [1.54, 1.807) is 12.3 Å². The van der Waals surface area contributed by atoms with Gasteiger partial charge in [0.1, 0.15) is 10.8 Å². The third-order valence-corrected chi connectivity index (χ3v) is 6.31. The number of carbonyl (C=O) groups excluding carboxylic acids is 2. The number of hydrogen-bond acceptors (Lipinski definition) is 7. The number of benzene rings is 1. The molecule has 4 rings (SSSR count). The number of nitrogens with one attached hydrogen (secondary N) is 1. The number of carboxylic acid groups (broad SMARTS) is 1. The van der Waals surface area contributed by atoms with Gasteiger partial charge in [0, 0.05) is 17.5 Å². The van der Waals surface area contributed by atoms with Crippen molar-refractivity contribution in [3.63, 3.8) is 0 Å². The lowest BCUT2D eigenvalue weighted by molar-refractivity contribution is -0.138. The van der Waals surface area contributed by atoms with Crippen LogP contribution < -0.4 is 5.32 Å². The van der Waals surface area contributed by atoms with E-state index in [1.165, 1.54) is 34.2 Å². The summed E-state index contributed by atoms with van der Waals surface area (Å²) in [6.07, 6.45) is 8.32. The zero-order valence-corrected chi connectivity index (χ0v) is 17.4. The number of rotatable bonds is 7. The minimum Gasteiger partial charge on any atom is -0.481 e. The first-order chi connectivity index (χ1) is 14.5. The van der Waals surface area contributed by atoms with Crippen LogP contribution in [0.5, 0.6) is 0 Å². The molecular weight excluding hydrogens is 422 g/mol. The van der Waals surface area contributed by atoms with Crippen molar-refractivity contribution in [2.75, 3.05) is 0 Å². The van der Waals surface area contributed by atoms with Gasteiger partial charge in [-0.1, -0.05) is 18.2 Å². The van der Waals surface area contributed by atoms with Gasteiger partial charge in [-0.25, -0.2) is 9.98 Å². The van der Waals surface area contributed by atoms with Crippen LogP contribution >= 0.6 is 23.1 Å². The van der Waals surface area contributed by atoms with Crippen LogP contribution in [0.15, 0.2) is 40.4 Å². The Morgan fingerprint density at radius 2 is 2.17 bits per heavy atom. The highest BCUT2D eigenvalue weighted by Crippen LogP contribution is 2.31. The Kier molecular flexibility index (Phi) is 5.91. The molecule has 2 aliphatic rings. The molecule has 0 spiro atoms. The van der Waals surface area contributed by atoms with E-state index < -0.39 is 5.97 Å². The summed E-state index contributed by atoms with van der Waals surface area (Å²) in [5.41, 5.74) is 3.21. The molecule has 0 unspecified atom stereocenters. The van der Waals surface area contributed by atoms with Crippen LogP contribution in [0.25, 0.3) is 12.2 Å². The fourth-order valence-corrected chi connectivity index (χ4v) is 4.82. The third-order valence-electron chi connectivity index (χ3n) is 4.45. The van der Waals surface area contributed by atoms with Gasteiger partial charge in [0.15, 0.2) is 5.17 Å². The Hall–Kier alpha value is -3.04. The highest BCUT2D eigenvalue weighted by atomic mass is 32.2. The van der Waals surface area contributed by atoms with Crippen molar-refractivity contribution in [1.29, 1.82) is 0 Å². The summed E-state index contributed by atoms with van der Waals surface area (Å²) in [7, 11) is 0. The van der Waals surface area contributed by atoms with E-state index in [-0.39, 0.29) is 31.0 Å². The van der Waals surface area contributed by atoms with Crippen molar-refractivity contribution in [1.82, 2.24) is 10.3 Å². The first-order valence-electron chi connectivity index (χ1n) is 9.23. The number of carbonyl (C=O) groups is 3. The molecule has 2 heterocycles. The van der Waals surface area contributed by atoms with Gasteiger partial charge in [-0.05, 0) is 47.5 Å². The Morgan fingerprint density at radius 1 is 1.30 bits per heavy atom. The number of thiazole rings is 1. The molecule has 152 valence electrons.